The smallest absolute Gasteiger partial charge is 0.221 e. The second kappa shape index (κ2) is 5.50. The zero-order chi connectivity index (χ0) is 13.0. The average molecular weight is 239 g/mol. The number of benzene rings is 2. The van der Waals surface area contributed by atoms with E-state index in [1.54, 1.807) is 0 Å². The highest BCUT2D eigenvalue weighted by molar-refractivity contribution is 5.89. The summed E-state index contributed by atoms with van der Waals surface area (Å²) in [5.41, 5.74) is 4.46. The molecule has 0 aliphatic carbocycles. The maximum atomic E-state index is 11.1. The van der Waals surface area contributed by atoms with Crippen molar-refractivity contribution in [3.8, 4) is 11.1 Å². The Hall–Kier alpha value is -2.09. The Morgan fingerprint density at radius 2 is 1.72 bits per heavy atom. The predicted octanol–water partition coefficient (Wildman–Crippen LogP) is 3.87. The zero-order valence-electron chi connectivity index (χ0n) is 10.7. The highest BCUT2D eigenvalue weighted by atomic mass is 16.1. The van der Waals surface area contributed by atoms with Gasteiger partial charge in [-0.05, 0) is 35.2 Å². The molecule has 0 bridgehead atoms. The maximum absolute atomic E-state index is 11.1. The van der Waals surface area contributed by atoms with Crippen LogP contribution in [0.1, 0.15) is 19.4 Å². The number of carbonyl (C=O) groups excluding carboxylic acids is 1. The Balaban J connectivity index is 2.34. The summed E-state index contributed by atoms with van der Waals surface area (Å²) in [5, 5.41) is 2.80. The van der Waals surface area contributed by atoms with Gasteiger partial charge >= 0.3 is 0 Å². The van der Waals surface area contributed by atoms with Crippen molar-refractivity contribution in [2.45, 2.75) is 20.3 Å². The highest BCUT2D eigenvalue weighted by Gasteiger charge is 2.01. The van der Waals surface area contributed by atoms with E-state index in [2.05, 4.69) is 42.6 Å². The monoisotopic (exact) mass is 239 g/mol. The minimum absolute atomic E-state index is 0.0468. The molecule has 1 amide bonds. The second-order valence-corrected chi connectivity index (χ2v) is 4.32. The number of aryl methyl sites for hydroxylation is 1. The summed E-state index contributed by atoms with van der Waals surface area (Å²) in [4.78, 5) is 11.1. The van der Waals surface area contributed by atoms with Crippen molar-refractivity contribution in [2.24, 2.45) is 0 Å². The Morgan fingerprint density at radius 1 is 1.06 bits per heavy atom. The van der Waals surface area contributed by atoms with E-state index in [1.165, 1.54) is 18.1 Å². The molecule has 0 aliphatic rings. The van der Waals surface area contributed by atoms with E-state index < -0.39 is 0 Å². The van der Waals surface area contributed by atoms with Crippen LogP contribution in [0.15, 0.2) is 48.5 Å². The predicted molar refractivity (Wildman–Crippen MR) is 75.6 cm³/mol. The quantitative estimate of drug-likeness (QED) is 0.865. The lowest BCUT2D eigenvalue weighted by atomic mass is 10.0. The van der Waals surface area contributed by atoms with Gasteiger partial charge in [0.25, 0.3) is 0 Å². The Kier molecular flexibility index (Phi) is 3.78. The molecule has 2 rings (SSSR count). The number of nitrogens with one attached hydrogen (secondary N) is 1. The lowest BCUT2D eigenvalue weighted by Gasteiger charge is -2.07. The van der Waals surface area contributed by atoms with Gasteiger partial charge in [-0.2, -0.15) is 0 Å². The third-order valence-corrected chi connectivity index (χ3v) is 2.85. The van der Waals surface area contributed by atoms with Gasteiger partial charge in [0.1, 0.15) is 0 Å². The highest BCUT2D eigenvalue weighted by Crippen LogP contribution is 2.23. The SMILES string of the molecule is CCc1cccc(-c2cccc(NC(C)=O)c2)c1. The third-order valence-electron chi connectivity index (χ3n) is 2.85. The summed E-state index contributed by atoms with van der Waals surface area (Å²) in [5.74, 6) is -0.0468. The van der Waals surface area contributed by atoms with E-state index in [4.69, 9.17) is 0 Å². The summed E-state index contributed by atoms with van der Waals surface area (Å²) in [6.45, 7) is 3.66. The number of carbonyl (C=O) groups is 1. The molecule has 0 saturated carbocycles. The standard InChI is InChI=1S/C16H17NO/c1-3-13-6-4-7-14(10-13)15-8-5-9-16(11-15)17-12(2)18/h4-11H,3H2,1-2H3,(H,17,18). The number of hydrogen-bond donors (Lipinski definition) is 1. The largest absolute Gasteiger partial charge is 0.326 e. The molecule has 0 spiro atoms. The first-order valence-corrected chi connectivity index (χ1v) is 6.16. The first-order valence-electron chi connectivity index (χ1n) is 6.16. The maximum Gasteiger partial charge on any atom is 0.221 e. The van der Waals surface area contributed by atoms with Crippen molar-refractivity contribution < 1.29 is 4.79 Å². The van der Waals surface area contributed by atoms with E-state index in [1.807, 2.05) is 18.2 Å². The van der Waals surface area contributed by atoms with Crippen LogP contribution < -0.4 is 5.32 Å². The first kappa shape index (κ1) is 12.4. The fourth-order valence-corrected chi connectivity index (χ4v) is 1.95. The van der Waals surface area contributed by atoms with Crippen LogP contribution in [0.2, 0.25) is 0 Å². The van der Waals surface area contributed by atoms with Crippen LogP contribution >= 0.6 is 0 Å². The molecule has 0 aliphatic heterocycles. The molecule has 0 saturated heterocycles. The number of anilines is 1. The summed E-state index contributed by atoms with van der Waals surface area (Å²) >= 11 is 0. The van der Waals surface area contributed by atoms with Gasteiger partial charge in [-0.25, -0.2) is 0 Å². The van der Waals surface area contributed by atoms with Gasteiger partial charge in [-0.1, -0.05) is 43.3 Å². The van der Waals surface area contributed by atoms with Crippen molar-refractivity contribution in [2.75, 3.05) is 5.32 Å². The molecular weight excluding hydrogens is 222 g/mol. The van der Waals surface area contributed by atoms with Crippen molar-refractivity contribution in [3.63, 3.8) is 0 Å². The Bertz CT molecular complexity index is 561. The fourth-order valence-electron chi connectivity index (χ4n) is 1.95. The third kappa shape index (κ3) is 2.98. The molecule has 0 atom stereocenters. The van der Waals surface area contributed by atoms with Crippen LogP contribution in [0, 0.1) is 0 Å². The molecule has 0 unspecified atom stereocenters. The Labute approximate surface area is 108 Å². The average Bonchev–Trinajstić information content (AvgIpc) is 2.38. The van der Waals surface area contributed by atoms with Crippen LogP contribution in [-0.4, -0.2) is 5.91 Å². The second-order valence-electron chi connectivity index (χ2n) is 4.32. The molecule has 0 aromatic heterocycles. The number of hydrogen-bond acceptors (Lipinski definition) is 1. The zero-order valence-corrected chi connectivity index (χ0v) is 10.7. The summed E-state index contributed by atoms with van der Waals surface area (Å²) in [6, 6.07) is 16.4. The van der Waals surface area contributed by atoms with Gasteiger partial charge in [-0.15, -0.1) is 0 Å². The molecule has 2 heteroatoms. The van der Waals surface area contributed by atoms with E-state index in [-0.39, 0.29) is 5.91 Å². The van der Waals surface area contributed by atoms with Gasteiger partial charge in [-0.3, -0.25) is 4.79 Å². The van der Waals surface area contributed by atoms with Gasteiger partial charge in [0.05, 0.1) is 0 Å². The summed E-state index contributed by atoms with van der Waals surface area (Å²) < 4.78 is 0. The molecule has 92 valence electrons. The molecule has 2 aromatic rings. The molecule has 0 heterocycles. The van der Waals surface area contributed by atoms with Crippen molar-refractivity contribution in [1.82, 2.24) is 0 Å². The molecule has 18 heavy (non-hydrogen) atoms. The van der Waals surface area contributed by atoms with Gasteiger partial charge in [0.2, 0.25) is 5.91 Å². The molecule has 1 N–H and O–H groups in total. The normalized spacial score (nSPS) is 10.1. The van der Waals surface area contributed by atoms with E-state index in [0.717, 1.165) is 17.7 Å². The van der Waals surface area contributed by atoms with Crippen LogP contribution in [0.25, 0.3) is 11.1 Å². The molecule has 0 radical (unpaired) electrons. The summed E-state index contributed by atoms with van der Waals surface area (Å²) in [7, 11) is 0. The van der Waals surface area contributed by atoms with Crippen molar-refractivity contribution in [1.29, 1.82) is 0 Å². The van der Waals surface area contributed by atoms with E-state index in [0.29, 0.717) is 0 Å². The van der Waals surface area contributed by atoms with Crippen LogP contribution in [0.5, 0.6) is 0 Å². The topological polar surface area (TPSA) is 29.1 Å². The van der Waals surface area contributed by atoms with Gasteiger partial charge in [0.15, 0.2) is 0 Å². The molecule has 2 aromatic carbocycles. The fraction of sp³-hybridized carbons (Fsp3) is 0.188. The van der Waals surface area contributed by atoms with Crippen molar-refractivity contribution in [3.05, 3.63) is 54.1 Å². The number of amides is 1. The minimum atomic E-state index is -0.0468. The lowest BCUT2D eigenvalue weighted by Crippen LogP contribution is -2.05. The van der Waals surface area contributed by atoms with Crippen molar-refractivity contribution >= 4 is 11.6 Å². The van der Waals surface area contributed by atoms with Gasteiger partial charge in [0, 0.05) is 12.6 Å². The molecular formula is C16H17NO. The Morgan fingerprint density at radius 3 is 2.39 bits per heavy atom. The molecule has 0 fully saturated rings. The lowest BCUT2D eigenvalue weighted by molar-refractivity contribution is -0.114. The van der Waals surface area contributed by atoms with Crippen LogP contribution in [0.4, 0.5) is 5.69 Å². The first-order chi connectivity index (χ1) is 8.69. The van der Waals surface area contributed by atoms with Crippen LogP contribution in [0.3, 0.4) is 0 Å². The number of rotatable bonds is 3. The van der Waals surface area contributed by atoms with Gasteiger partial charge < -0.3 is 5.32 Å². The van der Waals surface area contributed by atoms with E-state index in [9.17, 15) is 4.79 Å². The van der Waals surface area contributed by atoms with E-state index >= 15 is 0 Å². The van der Waals surface area contributed by atoms with Crippen LogP contribution in [-0.2, 0) is 11.2 Å². The minimum Gasteiger partial charge on any atom is -0.326 e. The molecule has 2 nitrogen and oxygen atoms in total. The summed E-state index contributed by atoms with van der Waals surface area (Å²) in [6.07, 6.45) is 1.03.